The number of nitrogens with one attached hydrogen (secondary N) is 2. The molecule has 1 atom stereocenters. The number of anilines is 1. The lowest BCUT2D eigenvalue weighted by molar-refractivity contribution is -0.126. The Morgan fingerprint density at radius 1 is 0.800 bits per heavy atom. The Kier molecular flexibility index (Phi) is 9.50. The number of hydrogen-bond acceptors (Lipinski definition) is 3. The van der Waals surface area contributed by atoms with Gasteiger partial charge < -0.3 is 15.7 Å². The van der Waals surface area contributed by atoms with Gasteiger partial charge in [0.25, 0.3) is 5.91 Å². The normalized spacial score (nSPS) is 12.8. The van der Waals surface area contributed by atoms with Crippen LogP contribution in [0.25, 0.3) is 0 Å². The molecule has 40 heavy (non-hydrogen) atoms. The van der Waals surface area contributed by atoms with Crippen molar-refractivity contribution in [2.24, 2.45) is 0 Å². The van der Waals surface area contributed by atoms with Crippen molar-refractivity contribution in [1.29, 1.82) is 0 Å². The van der Waals surface area contributed by atoms with E-state index in [9.17, 15) is 14.7 Å². The highest BCUT2D eigenvalue weighted by molar-refractivity contribution is 5.98. The molecule has 3 aromatic carbocycles. The third-order valence-electron chi connectivity index (χ3n) is 7.25. The molecule has 0 aliphatic rings. The summed E-state index contributed by atoms with van der Waals surface area (Å²) in [6, 6.07) is 18.6. The molecule has 0 aromatic heterocycles. The third kappa shape index (κ3) is 7.97. The van der Waals surface area contributed by atoms with Crippen molar-refractivity contribution in [1.82, 2.24) is 5.32 Å². The Morgan fingerprint density at radius 3 is 1.77 bits per heavy atom. The summed E-state index contributed by atoms with van der Waals surface area (Å²) in [5.41, 5.74) is 5.93. The molecule has 0 heterocycles. The fourth-order valence-corrected chi connectivity index (χ4v) is 4.70. The fraction of sp³-hybridized carbons (Fsp3) is 0.429. The van der Waals surface area contributed by atoms with Crippen LogP contribution in [0.5, 0.6) is 5.75 Å². The molecule has 2 amide bonds. The Labute approximate surface area is 240 Å². The molecule has 5 nitrogen and oxygen atoms in total. The Balaban J connectivity index is 1.81. The maximum absolute atomic E-state index is 13.4. The molecule has 3 N–H and O–H groups in total. The summed E-state index contributed by atoms with van der Waals surface area (Å²) in [6.45, 7) is 18.7. The maximum atomic E-state index is 13.4. The SMILES string of the molecule is Cc1ccc([C@H](NC(=O)CCc2cc(C(C)(C)C)c(O)c(C(C)(C)C)c2)C(=O)Nc2ccc(C(C)C)cc2)cc1. The van der Waals surface area contributed by atoms with Crippen LogP contribution in [-0.2, 0) is 26.8 Å². The number of phenolic OH excluding ortho intramolecular Hbond substituents is 1. The molecule has 0 bridgehead atoms. The molecule has 0 unspecified atom stereocenters. The molecule has 0 aliphatic carbocycles. The summed E-state index contributed by atoms with van der Waals surface area (Å²) < 4.78 is 0. The van der Waals surface area contributed by atoms with Crippen LogP contribution in [0.15, 0.2) is 60.7 Å². The Morgan fingerprint density at radius 2 is 1.30 bits per heavy atom. The minimum atomic E-state index is -0.826. The predicted molar refractivity (Wildman–Crippen MR) is 165 cm³/mol. The molecule has 0 saturated heterocycles. The average Bonchev–Trinajstić information content (AvgIpc) is 2.86. The van der Waals surface area contributed by atoms with E-state index in [1.165, 1.54) is 5.56 Å². The number of benzene rings is 3. The van der Waals surface area contributed by atoms with E-state index >= 15 is 0 Å². The number of amides is 2. The first-order chi connectivity index (χ1) is 18.6. The minimum Gasteiger partial charge on any atom is -0.507 e. The number of hydrogen-bond donors (Lipinski definition) is 3. The second-order valence-electron chi connectivity index (χ2n) is 13.2. The lowest BCUT2D eigenvalue weighted by atomic mass is 9.78. The van der Waals surface area contributed by atoms with Crippen LogP contribution >= 0.6 is 0 Å². The van der Waals surface area contributed by atoms with Crippen molar-refractivity contribution in [3.8, 4) is 5.75 Å². The summed E-state index contributed by atoms with van der Waals surface area (Å²) in [5.74, 6) is 0.227. The van der Waals surface area contributed by atoms with Gasteiger partial charge in [-0.25, -0.2) is 0 Å². The van der Waals surface area contributed by atoms with Gasteiger partial charge in [0.15, 0.2) is 0 Å². The van der Waals surface area contributed by atoms with Gasteiger partial charge in [-0.05, 0) is 70.0 Å². The van der Waals surface area contributed by atoms with E-state index in [4.69, 9.17) is 0 Å². The highest BCUT2D eigenvalue weighted by Crippen LogP contribution is 2.40. The van der Waals surface area contributed by atoms with E-state index < -0.39 is 6.04 Å². The van der Waals surface area contributed by atoms with Gasteiger partial charge in [0, 0.05) is 12.1 Å². The van der Waals surface area contributed by atoms with Crippen molar-refractivity contribution < 1.29 is 14.7 Å². The van der Waals surface area contributed by atoms with Gasteiger partial charge in [-0.1, -0.05) is 109 Å². The van der Waals surface area contributed by atoms with E-state index in [2.05, 4.69) is 66.0 Å². The number of carbonyl (C=O) groups is 2. The zero-order valence-electron chi connectivity index (χ0n) is 25.6. The number of carbonyl (C=O) groups excluding carboxylic acids is 2. The molecule has 0 fully saturated rings. The number of rotatable bonds is 8. The van der Waals surface area contributed by atoms with E-state index in [0.29, 0.717) is 23.8 Å². The lowest BCUT2D eigenvalue weighted by Crippen LogP contribution is -2.37. The largest absolute Gasteiger partial charge is 0.507 e. The number of aromatic hydroxyl groups is 1. The first kappa shape index (κ1) is 30.9. The van der Waals surface area contributed by atoms with Gasteiger partial charge in [-0.15, -0.1) is 0 Å². The van der Waals surface area contributed by atoms with Crippen LogP contribution < -0.4 is 10.6 Å². The maximum Gasteiger partial charge on any atom is 0.251 e. The Hall–Kier alpha value is -3.60. The number of aryl methyl sites for hydroxylation is 2. The lowest BCUT2D eigenvalue weighted by Gasteiger charge is -2.28. The van der Waals surface area contributed by atoms with E-state index in [0.717, 1.165) is 27.8 Å². The topological polar surface area (TPSA) is 78.4 Å². The smallest absolute Gasteiger partial charge is 0.251 e. The van der Waals surface area contributed by atoms with Gasteiger partial charge >= 0.3 is 0 Å². The molecule has 0 saturated carbocycles. The quantitative estimate of drug-likeness (QED) is 0.271. The van der Waals surface area contributed by atoms with Crippen LogP contribution in [0.2, 0.25) is 0 Å². The van der Waals surface area contributed by atoms with Gasteiger partial charge in [0.1, 0.15) is 11.8 Å². The second-order valence-corrected chi connectivity index (χ2v) is 13.2. The highest BCUT2D eigenvalue weighted by atomic mass is 16.3. The first-order valence-corrected chi connectivity index (χ1v) is 14.2. The fourth-order valence-electron chi connectivity index (χ4n) is 4.70. The van der Waals surface area contributed by atoms with Gasteiger partial charge in [0.2, 0.25) is 5.91 Å². The molecule has 214 valence electrons. The van der Waals surface area contributed by atoms with Crippen LogP contribution in [0.4, 0.5) is 5.69 Å². The first-order valence-electron chi connectivity index (χ1n) is 14.2. The summed E-state index contributed by atoms with van der Waals surface area (Å²) in [7, 11) is 0. The number of phenols is 1. The highest BCUT2D eigenvalue weighted by Gasteiger charge is 2.27. The summed E-state index contributed by atoms with van der Waals surface area (Å²) in [6.07, 6.45) is 0.716. The van der Waals surface area contributed by atoms with Gasteiger partial charge in [-0.2, -0.15) is 0 Å². The van der Waals surface area contributed by atoms with Gasteiger partial charge in [0.05, 0.1) is 0 Å². The van der Waals surface area contributed by atoms with Crippen molar-refractivity contribution in [2.45, 2.75) is 97.9 Å². The molecule has 0 radical (unpaired) electrons. The van der Waals surface area contributed by atoms with Crippen LogP contribution in [0.3, 0.4) is 0 Å². The second kappa shape index (κ2) is 12.3. The average molecular weight is 543 g/mol. The van der Waals surface area contributed by atoms with Gasteiger partial charge in [-0.3, -0.25) is 9.59 Å². The van der Waals surface area contributed by atoms with E-state index in [1.54, 1.807) is 0 Å². The summed E-state index contributed by atoms with van der Waals surface area (Å²) in [5, 5.41) is 17.0. The molecular weight excluding hydrogens is 496 g/mol. The molecule has 3 aromatic rings. The molecule has 5 heteroatoms. The predicted octanol–water partition coefficient (Wildman–Crippen LogP) is 7.85. The zero-order valence-corrected chi connectivity index (χ0v) is 25.6. The van der Waals surface area contributed by atoms with Crippen LogP contribution in [0, 0.1) is 6.92 Å². The van der Waals surface area contributed by atoms with Crippen molar-refractivity contribution in [3.63, 3.8) is 0 Å². The van der Waals surface area contributed by atoms with Crippen molar-refractivity contribution >= 4 is 17.5 Å². The van der Waals surface area contributed by atoms with Crippen molar-refractivity contribution in [3.05, 3.63) is 94.0 Å². The van der Waals surface area contributed by atoms with E-state index in [1.807, 2.05) is 67.6 Å². The molecule has 3 rings (SSSR count). The van der Waals surface area contributed by atoms with E-state index in [-0.39, 0.29) is 29.1 Å². The Bertz CT molecular complexity index is 1290. The van der Waals surface area contributed by atoms with Crippen LogP contribution in [0.1, 0.15) is 107 Å². The van der Waals surface area contributed by atoms with Crippen LogP contribution in [-0.4, -0.2) is 16.9 Å². The molecule has 0 aliphatic heterocycles. The third-order valence-corrected chi connectivity index (χ3v) is 7.25. The summed E-state index contributed by atoms with van der Waals surface area (Å²) >= 11 is 0. The standard InChI is InChI=1S/C35H46N2O3/c1-22(2)25-15-17-27(18-16-25)36-33(40)31(26-13-10-23(3)11-14-26)37-30(38)19-12-24-20-28(34(4,5)6)32(39)29(21-24)35(7,8)9/h10-11,13-18,20-22,31,39H,12,19H2,1-9H3,(H,36,40)(H,37,38)/t31-/m0/s1. The molecule has 0 spiro atoms. The molecular formula is C35H46N2O3. The summed E-state index contributed by atoms with van der Waals surface area (Å²) in [4.78, 5) is 26.7. The zero-order chi connectivity index (χ0) is 29.8. The minimum absolute atomic E-state index is 0.210. The van der Waals surface area contributed by atoms with Crippen molar-refractivity contribution in [2.75, 3.05) is 5.32 Å². The monoisotopic (exact) mass is 542 g/mol.